The molecule has 3 nitrogen and oxygen atoms in total. The van der Waals surface area contributed by atoms with Crippen molar-refractivity contribution in [3.63, 3.8) is 0 Å². The Morgan fingerprint density at radius 3 is 2.52 bits per heavy atom. The summed E-state index contributed by atoms with van der Waals surface area (Å²) < 4.78 is 0. The molecule has 2 aromatic carbocycles. The molecule has 0 unspecified atom stereocenters. The van der Waals surface area contributed by atoms with Crippen LogP contribution in [0.5, 0.6) is 0 Å². The standard InChI is InChI=1S/C21H21ClN2O/c22-18-3-1-2-15(10-18)16-4-5-17-12-24(21(25)19(17)11-16)20-13-23-8-6-14(20)7-9-23/h1-5,10-11,14,20H,6-9,12-13H2/t20-/m0/s1. The Bertz CT molecular complexity index is 842. The molecule has 6 rings (SSSR count). The first-order valence-corrected chi connectivity index (χ1v) is 9.49. The van der Waals surface area contributed by atoms with E-state index in [1.54, 1.807) is 0 Å². The average Bonchev–Trinajstić information content (AvgIpc) is 2.99. The SMILES string of the molecule is O=C1c2cc(-c3cccc(Cl)c3)ccc2CN1[C@H]1CN2CCC1CC2. The lowest BCUT2D eigenvalue weighted by Crippen LogP contribution is -2.57. The van der Waals surface area contributed by atoms with E-state index in [2.05, 4.69) is 21.9 Å². The Morgan fingerprint density at radius 2 is 1.80 bits per heavy atom. The minimum Gasteiger partial charge on any atom is -0.330 e. The molecule has 25 heavy (non-hydrogen) atoms. The summed E-state index contributed by atoms with van der Waals surface area (Å²) in [7, 11) is 0. The maximum atomic E-state index is 13.1. The van der Waals surface area contributed by atoms with Crippen LogP contribution in [0.4, 0.5) is 0 Å². The van der Waals surface area contributed by atoms with Crippen molar-refractivity contribution < 1.29 is 4.79 Å². The number of halogens is 1. The number of carbonyl (C=O) groups is 1. The summed E-state index contributed by atoms with van der Waals surface area (Å²) in [6.45, 7) is 4.22. The fourth-order valence-corrected chi connectivity index (χ4v) is 4.92. The number of piperidine rings is 3. The van der Waals surface area contributed by atoms with Gasteiger partial charge in [-0.2, -0.15) is 0 Å². The topological polar surface area (TPSA) is 23.6 Å². The van der Waals surface area contributed by atoms with Gasteiger partial charge in [-0.15, -0.1) is 0 Å². The van der Waals surface area contributed by atoms with E-state index in [1.165, 1.54) is 25.9 Å². The molecule has 0 N–H and O–H groups in total. The molecular weight excluding hydrogens is 332 g/mol. The number of rotatable bonds is 2. The van der Waals surface area contributed by atoms with E-state index in [1.807, 2.05) is 30.3 Å². The molecular formula is C21H21ClN2O. The van der Waals surface area contributed by atoms with Gasteiger partial charge in [-0.05, 0) is 66.7 Å². The lowest BCUT2D eigenvalue weighted by molar-refractivity contribution is 0.00846. The average molecular weight is 353 g/mol. The third-order valence-electron chi connectivity index (χ3n) is 6.12. The molecule has 0 spiro atoms. The number of amides is 1. The van der Waals surface area contributed by atoms with E-state index in [4.69, 9.17) is 11.6 Å². The van der Waals surface area contributed by atoms with Crippen LogP contribution in [-0.4, -0.2) is 41.4 Å². The Morgan fingerprint density at radius 1 is 1.00 bits per heavy atom. The Balaban J connectivity index is 1.45. The number of hydrogen-bond donors (Lipinski definition) is 0. The lowest BCUT2D eigenvalue weighted by Gasteiger charge is -2.48. The van der Waals surface area contributed by atoms with Gasteiger partial charge in [0.2, 0.25) is 0 Å². The van der Waals surface area contributed by atoms with E-state index in [0.717, 1.165) is 40.4 Å². The second-order valence-electron chi connectivity index (χ2n) is 7.52. The second-order valence-corrected chi connectivity index (χ2v) is 7.96. The maximum absolute atomic E-state index is 13.1. The van der Waals surface area contributed by atoms with Crippen LogP contribution < -0.4 is 0 Å². The van der Waals surface area contributed by atoms with Crippen LogP contribution in [-0.2, 0) is 6.54 Å². The molecule has 0 aliphatic carbocycles. The summed E-state index contributed by atoms with van der Waals surface area (Å²) in [4.78, 5) is 17.7. The quantitative estimate of drug-likeness (QED) is 0.813. The van der Waals surface area contributed by atoms with Gasteiger partial charge >= 0.3 is 0 Å². The number of carbonyl (C=O) groups excluding carboxylic acids is 1. The van der Waals surface area contributed by atoms with Crippen molar-refractivity contribution in [3.8, 4) is 11.1 Å². The van der Waals surface area contributed by atoms with Crippen LogP contribution in [0, 0.1) is 5.92 Å². The summed E-state index contributed by atoms with van der Waals surface area (Å²) in [5, 5.41) is 0.721. The minimum absolute atomic E-state index is 0.206. The van der Waals surface area contributed by atoms with Gasteiger partial charge < -0.3 is 9.80 Å². The van der Waals surface area contributed by atoms with E-state index in [-0.39, 0.29) is 5.91 Å². The van der Waals surface area contributed by atoms with Gasteiger partial charge in [0, 0.05) is 29.7 Å². The maximum Gasteiger partial charge on any atom is 0.254 e. The van der Waals surface area contributed by atoms with E-state index < -0.39 is 0 Å². The third-order valence-corrected chi connectivity index (χ3v) is 6.36. The third kappa shape index (κ3) is 2.57. The highest BCUT2D eigenvalue weighted by Crippen LogP contribution is 2.36. The van der Waals surface area contributed by atoms with Gasteiger partial charge in [0.15, 0.2) is 0 Å². The highest BCUT2D eigenvalue weighted by atomic mass is 35.5. The van der Waals surface area contributed by atoms with Crippen molar-refractivity contribution in [3.05, 3.63) is 58.6 Å². The molecule has 3 fully saturated rings. The van der Waals surface area contributed by atoms with Gasteiger partial charge in [0.25, 0.3) is 5.91 Å². The number of hydrogen-bond acceptors (Lipinski definition) is 2. The number of fused-ring (bicyclic) bond motifs is 4. The van der Waals surface area contributed by atoms with E-state index in [0.29, 0.717) is 12.0 Å². The van der Waals surface area contributed by atoms with Crippen LogP contribution >= 0.6 is 11.6 Å². The molecule has 4 aliphatic heterocycles. The molecule has 1 atom stereocenters. The predicted octanol–water partition coefficient (Wildman–Crippen LogP) is 4.06. The summed E-state index contributed by atoms with van der Waals surface area (Å²) in [5.74, 6) is 0.883. The van der Waals surface area contributed by atoms with Crippen LogP contribution in [0.3, 0.4) is 0 Å². The van der Waals surface area contributed by atoms with Crippen molar-refractivity contribution in [2.24, 2.45) is 5.92 Å². The molecule has 128 valence electrons. The van der Waals surface area contributed by atoms with Crippen LogP contribution in [0.2, 0.25) is 5.02 Å². The first-order chi connectivity index (χ1) is 12.2. The smallest absolute Gasteiger partial charge is 0.254 e. The van der Waals surface area contributed by atoms with Gasteiger partial charge in [-0.3, -0.25) is 4.79 Å². The van der Waals surface area contributed by atoms with Crippen LogP contribution in [0.1, 0.15) is 28.8 Å². The lowest BCUT2D eigenvalue weighted by atomic mass is 9.83. The summed E-state index contributed by atoms with van der Waals surface area (Å²) in [6.07, 6.45) is 2.47. The molecule has 0 radical (unpaired) electrons. The zero-order valence-electron chi connectivity index (χ0n) is 14.1. The highest BCUT2D eigenvalue weighted by Gasteiger charge is 2.42. The molecule has 4 aliphatic rings. The summed E-state index contributed by atoms with van der Waals surface area (Å²) in [5.41, 5.74) is 4.15. The second kappa shape index (κ2) is 5.86. The number of nitrogens with zero attached hydrogens (tertiary/aromatic N) is 2. The summed E-state index contributed by atoms with van der Waals surface area (Å²) in [6, 6.07) is 14.5. The van der Waals surface area contributed by atoms with Crippen LogP contribution in [0.15, 0.2) is 42.5 Å². The van der Waals surface area contributed by atoms with Gasteiger partial charge in [-0.25, -0.2) is 0 Å². The fraction of sp³-hybridized carbons (Fsp3) is 0.381. The van der Waals surface area contributed by atoms with Crippen molar-refractivity contribution in [1.82, 2.24) is 9.80 Å². The largest absolute Gasteiger partial charge is 0.330 e. The molecule has 2 bridgehead atoms. The Hall–Kier alpha value is -1.84. The molecule has 1 amide bonds. The molecule has 3 saturated heterocycles. The zero-order valence-corrected chi connectivity index (χ0v) is 14.9. The number of benzene rings is 2. The van der Waals surface area contributed by atoms with E-state index in [9.17, 15) is 4.79 Å². The van der Waals surface area contributed by atoms with Crippen molar-refractivity contribution in [2.45, 2.75) is 25.4 Å². The summed E-state index contributed by atoms with van der Waals surface area (Å²) >= 11 is 6.12. The van der Waals surface area contributed by atoms with Gasteiger partial charge in [0.1, 0.15) is 0 Å². The molecule has 4 heteroatoms. The van der Waals surface area contributed by atoms with Crippen molar-refractivity contribution in [2.75, 3.05) is 19.6 Å². The van der Waals surface area contributed by atoms with Gasteiger partial charge in [0.05, 0.1) is 0 Å². The minimum atomic E-state index is 0.206. The van der Waals surface area contributed by atoms with E-state index >= 15 is 0 Å². The van der Waals surface area contributed by atoms with Crippen molar-refractivity contribution >= 4 is 17.5 Å². The van der Waals surface area contributed by atoms with Gasteiger partial charge in [-0.1, -0.05) is 35.9 Å². The predicted molar refractivity (Wildman–Crippen MR) is 99.7 cm³/mol. The Kier molecular flexibility index (Phi) is 3.61. The fourth-order valence-electron chi connectivity index (χ4n) is 4.73. The normalized spacial score (nSPS) is 27.6. The Labute approximate surface area is 153 Å². The zero-order chi connectivity index (χ0) is 17.0. The first kappa shape index (κ1) is 15.4. The molecule has 2 aromatic rings. The molecule has 0 aromatic heterocycles. The highest BCUT2D eigenvalue weighted by molar-refractivity contribution is 6.30. The van der Waals surface area contributed by atoms with Crippen molar-refractivity contribution in [1.29, 1.82) is 0 Å². The monoisotopic (exact) mass is 352 g/mol. The van der Waals surface area contributed by atoms with Crippen LogP contribution in [0.25, 0.3) is 11.1 Å². The molecule has 0 saturated carbocycles. The first-order valence-electron chi connectivity index (χ1n) is 9.11. The molecule has 4 heterocycles.